The van der Waals surface area contributed by atoms with Crippen LogP contribution in [-0.4, -0.2) is 30.0 Å². The van der Waals surface area contributed by atoms with E-state index in [9.17, 15) is 9.18 Å². The fourth-order valence-corrected chi connectivity index (χ4v) is 3.69. The number of rotatable bonds is 2. The van der Waals surface area contributed by atoms with E-state index >= 15 is 0 Å². The number of hydrogen-bond donors (Lipinski definition) is 3. The van der Waals surface area contributed by atoms with Crippen LogP contribution in [0.5, 0.6) is 0 Å². The monoisotopic (exact) mass is 362 g/mol. The van der Waals surface area contributed by atoms with Crippen molar-refractivity contribution in [1.29, 1.82) is 0 Å². The molecular formula is C18H20ClFN4O. The topological polar surface area (TPSA) is 88.1 Å². The SMILES string of the molecule is Cl.NC(=O)c1cc(F)c(N2CCCC(N)C2)c2c1[nH]c1ccccc12. The fourth-order valence-electron chi connectivity index (χ4n) is 3.69. The van der Waals surface area contributed by atoms with Gasteiger partial charge in [0.15, 0.2) is 0 Å². The third-order valence-electron chi connectivity index (χ3n) is 4.75. The van der Waals surface area contributed by atoms with Gasteiger partial charge in [0, 0.05) is 35.4 Å². The van der Waals surface area contributed by atoms with Crippen LogP contribution in [0.1, 0.15) is 23.2 Å². The highest BCUT2D eigenvalue weighted by Crippen LogP contribution is 2.38. The lowest BCUT2D eigenvalue weighted by Crippen LogP contribution is -2.43. The Labute approximate surface area is 150 Å². The van der Waals surface area contributed by atoms with Crippen molar-refractivity contribution in [2.75, 3.05) is 18.0 Å². The molecule has 132 valence electrons. The molecule has 1 aromatic heterocycles. The molecule has 1 aliphatic heterocycles. The van der Waals surface area contributed by atoms with Crippen LogP contribution >= 0.6 is 12.4 Å². The Morgan fingerprint density at radius 1 is 1.32 bits per heavy atom. The summed E-state index contributed by atoms with van der Waals surface area (Å²) in [7, 11) is 0. The lowest BCUT2D eigenvalue weighted by Gasteiger charge is -2.33. The van der Waals surface area contributed by atoms with Crippen molar-refractivity contribution in [3.8, 4) is 0 Å². The lowest BCUT2D eigenvalue weighted by molar-refractivity contribution is 0.100. The van der Waals surface area contributed by atoms with Gasteiger partial charge in [0.2, 0.25) is 0 Å². The third-order valence-corrected chi connectivity index (χ3v) is 4.75. The molecule has 0 bridgehead atoms. The van der Waals surface area contributed by atoms with E-state index in [-0.39, 0.29) is 24.0 Å². The van der Waals surface area contributed by atoms with Gasteiger partial charge in [-0.25, -0.2) is 4.39 Å². The maximum Gasteiger partial charge on any atom is 0.250 e. The summed E-state index contributed by atoms with van der Waals surface area (Å²) >= 11 is 0. The number of aromatic nitrogens is 1. The molecule has 1 unspecified atom stereocenters. The second-order valence-electron chi connectivity index (χ2n) is 6.39. The molecule has 2 aromatic carbocycles. The third kappa shape index (κ3) is 2.81. The number of benzene rings is 2. The first kappa shape index (κ1) is 17.5. The molecule has 7 heteroatoms. The van der Waals surface area contributed by atoms with E-state index in [0.29, 0.717) is 23.1 Å². The minimum absolute atomic E-state index is 0. The number of anilines is 1. The lowest BCUT2D eigenvalue weighted by atomic mass is 10.0. The maximum atomic E-state index is 15.0. The Morgan fingerprint density at radius 2 is 2.08 bits per heavy atom. The van der Waals surface area contributed by atoms with Gasteiger partial charge in [0.25, 0.3) is 5.91 Å². The summed E-state index contributed by atoms with van der Waals surface area (Å²) in [5, 5.41) is 1.58. The van der Waals surface area contributed by atoms with Crippen molar-refractivity contribution < 1.29 is 9.18 Å². The molecule has 0 aliphatic carbocycles. The van der Waals surface area contributed by atoms with Gasteiger partial charge in [-0.3, -0.25) is 4.79 Å². The number of hydrogen-bond acceptors (Lipinski definition) is 3. The Morgan fingerprint density at radius 3 is 2.80 bits per heavy atom. The number of para-hydroxylation sites is 1. The molecule has 4 rings (SSSR count). The Balaban J connectivity index is 0.00000182. The number of halogens is 2. The van der Waals surface area contributed by atoms with Crippen LogP contribution in [0.15, 0.2) is 30.3 Å². The van der Waals surface area contributed by atoms with Crippen LogP contribution in [0.4, 0.5) is 10.1 Å². The van der Waals surface area contributed by atoms with Gasteiger partial charge in [-0.1, -0.05) is 18.2 Å². The van der Waals surface area contributed by atoms with Crippen molar-refractivity contribution in [3.05, 3.63) is 41.7 Å². The van der Waals surface area contributed by atoms with E-state index in [1.165, 1.54) is 6.07 Å². The second kappa shape index (κ2) is 6.54. The number of carbonyl (C=O) groups excluding carboxylic acids is 1. The van der Waals surface area contributed by atoms with Crippen LogP contribution in [-0.2, 0) is 0 Å². The van der Waals surface area contributed by atoms with E-state index in [2.05, 4.69) is 4.98 Å². The summed E-state index contributed by atoms with van der Waals surface area (Å²) < 4.78 is 15.0. The number of nitrogens with one attached hydrogen (secondary N) is 1. The fraction of sp³-hybridized carbons (Fsp3) is 0.278. The summed E-state index contributed by atoms with van der Waals surface area (Å²) in [6.07, 6.45) is 1.86. The van der Waals surface area contributed by atoms with E-state index in [0.717, 1.165) is 30.3 Å². The Kier molecular flexibility index (Phi) is 4.58. The predicted octanol–water partition coefficient (Wildman–Crippen LogP) is 2.91. The molecule has 0 radical (unpaired) electrons. The molecule has 1 amide bonds. The molecule has 25 heavy (non-hydrogen) atoms. The molecule has 0 saturated carbocycles. The normalized spacial score (nSPS) is 17.7. The average Bonchev–Trinajstić information content (AvgIpc) is 2.93. The van der Waals surface area contributed by atoms with Crippen LogP contribution < -0.4 is 16.4 Å². The molecule has 1 aliphatic rings. The number of nitrogens with zero attached hydrogens (tertiary/aromatic N) is 1. The van der Waals surface area contributed by atoms with Crippen molar-refractivity contribution >= 4 is 45.8 Å². The number of piperidine rings is 1. The van der Waals surface area contributed by atoms with Gasteiger partial charge in [-0.05, 0) is 25.0 Å². The van der Waals surface area contributed by atoms with Crippen molar-refractivity contribution in [3.63, 3.8) is 0 Å². The number of H-pyrrole nitrogens is 1. The number of primary amides is 1. The smallest absolute Gasteiger partial charge is 0.250 e. The van der Waals surface area contributed by atoms with E-state index in [1.807, 2.05) is 29.2 Å². The predicted molar refractivity (Wildman–Crippen MR) is 101 cm³/mol. The highest BCUT2D eigenvalue weighted by atomic mass is 35.5. The molecule has 5 N–H and O–H groups in total. The minimum atomic E-state index is -0.646. The Hall–Kier alpha value is -2.31. The molecule has 1 fully saturated rings. The van der Waals surface area contributed by atoms with Gasteiger partial charge < -0.3 is 21.4 Å². The number of amides is 1. The van der Waals surface area contributed by atoms with Crippen molar-refractivity contribution in [2.24, 2.45) is 11.5 Å². The van der Waals surface area contributed by atoms with Crippen LogP contribution in [0.3, 0.4) is 0 Å². The summed E-state index contributed by atoms with van der Waals surface area (Å²) in [5.74, 6) is -1.08. The summed E-state index contributed by atoms with van der Waals surface area (Å²) in [4.78, 5) is 17.0. The van der Waals surface area contributed by atoms with Gasteiger partial charge in [-0.15, -0.1) is 12.4 Å². The summed E-state index contributed by atoms with van der Waals surface area (Å²) in [6, 6.07) is 8.88. The van der Waals surface area contributed by atoms with E-state index < -0.39 is 11.7 Å². The first-order valence-electron chi connectivity index (χ1n) is 8.09. The van der Waals surface area contributed by atoms with Gasteiger partial charge >= 0.3 is 0 Å². The van der Waals surface area contributed by atoms with E-state index in [1.54, 1.807) is 0 Å². The second-order valence-corrected chi connectivity index (χ2v) is 6.39. The number of nitrogens with two attached hydrogens (primary N) is 2. The van der Waals surface area contributed by atoms with Crippen LogP contribution in [0.25, 0.3) is 21.8 Å². The molecule has 1 atom stereocenters. The highest BCUT2D eigenvalue weighted by Gasteiger charge is 2.26. The average molecular weight is 363 g/mol. The molecule has 2 heterocycles. The molecule has 1 saturated heterocycles. The van der Waals surface area contributed by atoms with E-state index in [4.69, 9.17) is 11.5 Å². The Bertz CT molecular complexity index is 955. The molecule has 5 nitrogen and oxygen atoms in total. The van der Waals surface area contributed by atoms with Gasteiger partial charge in [0.1, 0.15) is 5.82 Å². The number of fused-ring (bicyclic) bond motifs is 3. The number of aromatic amines is 1. The van der Waals surface area contributed by atoms with Crippen molar-refractivity contribution in [2.45, 2.75) is 18.9 Å². The summed E-state index contributed by atoms with van der Waals surface area (Å²) in [6.45, 7) is 1.34. The van der Waals surface area contributed by atoms with Crippen LogP contribution in [0.2, 0.25) is 0 Å². The zero-order valence-electron chi connectivity index (χ0n) is 13.6. The molecule has 0 spiro atoms. The minimum Gasteiger partial charge on any atom is -0.367 e. The van der Waals surface area contributed by atoms with Crippen LogP contribution in [0, 0.1) is 5.82 Å². The molecule has 3 aromatic rings. The zero-order valence-corrected chi connectivity index (χ0v) is 14.4. The summed E-state index contributed by atoms with van der Waals surface area (Å²) in [5.41, 5.74) is 13.6. The quantitative estimate of drug-likeness (QED) is 0.655. The van der Waals surface area contributed by atoms with Crippen molar-refractivity contribution in [1.82, 2.24) is 4.98 Å². The molecular weight excluding hydrogens is 343 g/mol. The largest absolute Gasteiger partial charge is 0.367 e. The van der Waals surface area contributed by atoms with Gasteiger partial charge in [0.05, 0.1) is 16.8 Å². The highest BCUT2D eigenvalue weighted by molar-refractivity contribution is 6.19. The first-order valence-corrected chi connectivity index (χ1v) is 8.09. The standard InChI is InChI=1S/C18H19FN4O.ClH/c19-13-8-12(18(21)24)16-15(11-5-1-2-6-14(11)22-16)17(13)23-7-3-4-10(20)9-23;/h1-2,5-6,8,10,22H,3-4,7,9,20H2,(H2,21,24);1H. The van der Waals surface area contributed by atoms with Gasteiger partial charge in [-0.2, -0.15) is 0 Å². The number of carbonyl (C=O) groups is 1. The zero-order chi connectivity index (χ0) is 16.8. The maximum absolute atomic E-state index is 15.0. The first-order chi connectivity index (χ1) is 11.6.